The molecule has 0 saturated heterocycles. The number of benzene rings is 2. The van der Waals surface area contributed by atoms with Gasteiger partial charge in [-0.2, -0.15) is 0 Å². The zero-order chi connectivity index (χ0) is 14.4. The van der Waals surface area contributed by atoms with E-state index in [-0.39, 0.29) is 6.42 Å². The van der Waals surface area contributed by atoms with Gasteiger partial charge in [0.15, 0.2) is 0 Å². The second kappa shape index (κ2) is 6.61. The molecule has 2 rings (SSSR count). The van der Waals surface area contributed by atoms with Gasteiger partial charge in [0.1, 0.15) is 5.75 Å². The third kappa shape index (κ3) is 3.75. The lowest BCUT2D eigenvalue weighted by atomic mass is 10.0. The molecule has 4 heteroatoms. The summed E-state index contributed by atoms with van der Waals surface area (Å²) in [5, 5.41) is 12.2. The van der Waals surface area contributed by atoms with Crippen molar-refractivity contribution in [2.75, 3.05) is 12.4 Å². The third-order valence-corrected chi connectivity index (χ3v) is 3.03. The lowest BCUT2D eigenvalue weighted by Gasteiger charge is -2.10. The molecule has 2 aromatic carbocycles. The molecule has 0 unspecified atom stereocenters. The average molecular weight is 271 g/mol. The van der Waals surface area contributed by atoms with Crippen LogP contribution in [0.3, 0.4) is 0 Å². The highest BCUT2D eigenvalue weighted by molar-refractivity contribution is 5.70. The molecule has 0 spiro atoms. The number of carboxylic acid groups (broad SMARTS) is 1. The summed E-state index contributed by atoms with van der Waals surface area (Å²) in [4.78, 5) is 10.8. The van der Waals surface area contributed by atoms with Crippen LogP contribution < -0.4 is 10.1 Å². The fourth-order valence-electron chi connectivity index (χ4n) is 1.97. The summed E-state index contributed by atoms with van der Waals surface area (Å²) in [5.41, 5.74) is 2.79. The highest BCUT2D eigenvalue weighted by Crippen LogP contribution is 2.17. The standard InChI is InChI=1S/C16H17NO3/c1-20-15-8-6-14(7-9-15)17-11-13-5-3-2-4-12(13)10-16(18)19/h2-9,17H,10-11H2,1H3,(H,18,19). The van der Waals surface area contributed by atoms with Crippen molar-refractivity contribution in [3.05, 3.63) is 59.7 Å². The molecule has 0 fully saturated rings. The van der Waals surface area contributed by atoms with Crippen molar-refractivity contribution >= 4 is 11.7 Å². The Morgan fingerprint density at radius 2 is 1.75 bits per heavy atom. The molecule has 0 aliphatic carbocycles. The van der Waals surface area contributed by atoms with E-state index in [1.165, 1.54) is 0 Å². The molecule has 0 bridgehead atoms. The van der Waals surface area contributed by atoms with Crippen LogP contribution in [0, 0.1) is 0 Å². The zero-order valence-electron chi connectivity index (χ0n) is 11.3. The van der Waals surface area contributed by atoms with Crippen LogP contribution in [0.1, 0.15) is 11.1 Å². The van der Waals surface area contributed by atoms with Gasteiger partial charge in [-0.3, -0.25) is 4.79 Å². The zero-order valence-corrected chi connectivity index (χ0v) is 11.3. The highest BCUT2D eigenvalue weighted by Gasteiger charge is 2.06. The van der Waals surface area contributed by atoms with Crippen LogP contribution in [0.5, 0.6) is 5.75 Å². The molecule has 0 atom stereocenters. The predicted molar refractivity (Wildman–Crippen MR) is 78.1 cm³/mol. The second-order valence-electron chi connectivity index (χ2n) is 4.42. The minimum absolute atomic E-state index is 0.0421. The van der Waals surface area contributed by atoms with Crippen LogP contribution >= 0.6 is 0 Å². The maximum Gasteiger partial charge on any atom is 0.307 e. The van der Waals surface area contributed by atoms with E-state index in [4.69, 9.17) is 9.84 Å². The van der Waals surface area contributed by atoms with Crippen molar-refractivity contribution in [2.45, 2.75) is 13.0 Å². The van der Waals surface area contributed by atoms with Gasteiger partial charge in [-0.05, 0) is 35.4 Å². The smallest absolute Gasteiger partial charge is 0.307 e. The monoisotopic (exact) mass is 271 g/mol. The molecular formula is C16H17NO3. The molecule has 0 radical (unpaired) electrons. The first-order valence-corrected chi connectivity index (χ1v) is 6.35. The van der Waals surface area contributed by atoms with Gasteiger partial charge in [0.25, 0.3) is 0 Å². The minimum atomic E-state index is -0.818. The van der Waals surface area contributed by atoms with Crippen LogP contribution in [0.15, 0.2) is 48.5 Å². The van der Waals surface area contributed by atoms with Crippen LogP contribution in [0.25, 0.3) is 0 Å². The van der Waals surface area contributed by atoms with Crippen LogP contribution in [-0.2, 0) is 17.8 Å². The molecule has 20 heavy (non-hydrogen) atoms. The molecule has 4 nitrogen and oxygen atoms in total. The van der Waals surface area contributed by atoms with Gasteiger partial charge in [-0.1, -0.05) is 24.3 Å². The Morgan fingerprint density at radius 3 is 2.35 bits per heavy atom. The maximum atomic E-state index is 10.8. The van der Waals surface area contributed by atoms with Crippen molar-refractivity contribution < 1.29 is 14.6 Å². The number of carbonyl (C=O) groups is 1. The first-order chi connectivity index (χ1) is 9.69. The van der Waals surface area contributed by atoms with Gasteiger partial charge in [0.2, 0.25) is 0 Å². The van der Waals surface area contributed by atoms with Gasteiger partial charge >= 0.3 is 5.97 Å². The fraction of sp³-hybridized carbons (Fsp3) is 0.188. The molecule has 0 aliphatic heterocycles. The van der Waals surface area contributed by atoms with Gasteiger partial charge < -0.3 is 15.2 Å². The minimum Gasteiger partial charge on any atom is -0.497 e. The lowest BCUT2D eigenvalue weighted by molar-refractivity contribution is -0.136. The number of hydrogen-bond acceptors (Lipinski definition) is 3. The van der Waals surface area contributed by atoms with Crippen LogP contribution in [0.4, 0.5) is 5.69 Å². The van der Waals surface area contributed by atoms with E-state index in [0.717, 1.165) is 22.6 Å². The predicted octanol–water partition coefficient (Wildman–Crippen LogP) is 2.93. The van der Waals surface area contributed by atoms with E-state index in [1.54, 1.807) is 7.11 Å². The lowest BCUT2D eigenvalue weighted by Crippen LogP contribution is -2.07. The summed E-state index contributed by atoms with van der Waals surface area (Å²) in [5.74, 6) is -0.0104. The SMILES string of the molecule is COc1ccc(NCc2ccccc2CC(=O)O)cc1. The molecule has 0 saturated carbocycles. The first-order valence-electron chi connectivity index (χ1n) is 6.35. The first kappa shape index (κ1) is 13.9. The number of nitrogens with one attached hydrogen (secondary N) is 1. The molecule has 0 amide bonds. The van der Waals surface area contributed by atoms with E-state index in [1.807, 2.05) is 48.5 Å². The second-order valence-corrected chi connectivity index (χ2v) is 4.42. The van der Waals surface area contributed by atoms with Crippen molar-refractivity contribution in [1.82, 2.24) is 0 Å². The molecule has 104 valence electrons. The summed E-state index contributed by atoms with van der Waals surface area (Å²) in [6.07, 6.45) is 0.0421. The Hall–Kier alpha value is -2.49. The highest BCUT2D eigenvalue weighted by atomic mass is 16.5. The number of ether oxygens (including phenoxy) is 1. The summed E-state index contributed by atoms with van der Waals surface area (Å²) in [6.45, 7) is 0.593. The Balaban J connectivity index is 2.04. The summed E-state index contributed by atoms with van der Waals surface area (Å²) >= 11 is 0. The summed E-state index contributed by atoms with van der Waals surface area (Å²) in [6, 6.07) is 15.2. The van der Waals surface area contributed by atoms with Crippen LogP contribution in [-0.4, -0.2) is 18.2 Å². The number of hydrogen-bond donors (Lipinski definition) is 2. The van der Waals surface area contributed by atoms with Gasteiger partial charge in [-0.25, -0.2) is 0 Å². The Bertz CT molecular complexity index is 579. The summed E-state index contributed by atoms with van der Waals surface area (Å²) < 4.78 is 5.10. The van der Waals surface area contributed by atoms with Crippen molar-refractivity contribution in [2.24, 2.45) is 0 Å². The molecule has 0 aliphatic rings. The van der Waals surface area contributed by atoms with Gasteiger partial charge in [-0.15, -0.1) is 0 Å². The van der Waals surface area contributed by atoms with E-state index in [0.29, 0.717) is 6.54 Å². The largest absolute Gasteiger partial charge is 0.497 e. The topological polar surface area (TPSA) is 58.6 Å². The quantitative estimate of drug-likeness (QED) is 0.848. The Morgan fingerprint density at radius 1 is 1.10 bits per heavy atom. The molecular weight excluding hydrogens is 254 g/mol. The van der Waals surface area contributed by atoms with Crippen molar-refractivity contribution in [3.8, 4) is 5.75 Å². The molecule has 2 aromatic rings. The van der Waals surface area contributed by atoms with Crippen molar-refractivity contribution in [3.63, 3.8) is 0 Å². The van der Waals surface area contributed by atoms with E-state index < -0.39 is 5.97 Å². The summed E-state index contributed by atoms with van der Waals surface area (Å²) in [7, 11) is 1.63. The maximum absolute atomic E-state index is 10.8. The Kier molecular flexibility index (Phi) is 4.60. The third-order valence-electron chi connectivity index (χ3n) is 3.03. The average Bonchev–Trinajstić information content (AvgIpc) is 2.46. The number of carboxylic acids is 1. The van der Waals surface area contributed by atoms with Crippen LogP contribution in [0.2, 0.25) is 0 Å². The molecule has 0 aromatic heterocycles. The van der Waals surface area contributed by atoms with Gasteiger partial charge in [0, 0.05) is 12.2 Å². The van der Waals surface area contributed by atoms with Crippen molar-refractivity contribution in [1.29, 1.82) is 0 Å². The van der Waals surface area contributed by atoms with E-state index in [2.05, 4.69) is 5.32 Å². The van der Waals surface area contributed by atoms with E-state index in [9.17, 15) is 4.79 Å². The fourth-order valence-corrected chi connectivity index (χ4v) is 1.97. The number of aliphatic carboxylic acids is 1. The number of anilines is 1. The molecule has 0 heterocycles. The normalized spacial score (nSPS) is 10.1. The Labute approximate surface area is 118 Å². The number of methoxy groups -OCH3 is 1. The molecule has 2 N–H and O–H groups in total. The number of rotatable bonds is 6. The van der Waals surface area contributed by atoms with E-state index >= 15 is 0 Å². The van der Waals surface area contributed by atoms with Gasteiger partial charge in [0.05, 0.1) is 13.5 Å².